The molecule has 6 nitrogen and oxygen atoms in total. The van der Waals surface area contributed by atoms with E-state index in [2.05, 4.69) is 15.6 Å². The number of rotatable bonds is 6. The first kappa shape index (κ1) is 18.5. The number of carbonyl (C=O) groups excluding carboxylic acids is 2. The Morgan fingerprint density at radius 1 is 1.35 bits per heavy atom. The Bertz CT molecular complexity index is 784. The van der Waals surface area contributed by atoms with Crippen LogP contribution in [0.5, 0.6) is 5.75 Å². The summed E-state index contributed by atoms with van der Waals surface area (Å²) in [5, 5.41) is 6.76. The average molecular weight is 373 g/mol. The average Bonchev–Trinajstić information content (AvgIpc) is 3.11. The van der Waals surface area contributed by atoms with E-state index in [-0.39, 0.29) is 11.7 Å². The molecular weight excluding hydrogens is 350 g/mol. The van der Waals surface area contributed by atoms with Crippen molar-refractivity contribution in [3.05, 3.63) is 40.9 Å². The second-order valence-electron chi connectivity index (χ2n) is 6.43. The second kappa shape index (κ2) is 8.42. The minimum absolute atomic E-state index is 0.0409. The quantitative estimate of drug-likeness (QED) is 0.760. The Morgan fingerprint density at radius 3 is 2.85 bits per heavy atom. The van der Waals surface area contributed by atoms with Crippen LogP contribution in [0.15, 0.2) is 30.5 Å². The molecule has 2 N–H and O–H groups in total. The van der Waals surface area contributed by atoms with E-state index >= 15 is 0 Å². The number of hydrogen-bond acceptors (Lipinski definition) is 6. The number of piperidine rings is 1. The number of nitrogens with one attached hydrogen (secondary N) is 2. The van der Waals surface area contributed by atoms with Gasteiger partial charge in [0.1, 0.15) is 5.75 Å². The molecule has 1 aliphatic heterocycles. The van der Waals surface area contributed by atoms with Crippen LogP contribution in [0.2, 0.25) is 0 Å². The summed E-state index contributed by atoms with van der Waals surface area (Å²) in [5.74, 6) is 0.711. The highest BCUT2D eigenvalue weighted by Gasteiger charge is 2.20. The summed E-state index contributed by atoms with van der Waals surface area (Å²) in [5.41, 5.74) is 0.557. The van der Waals surface area contributed by atoms with Gasteiger partial charge in [-0.15, -0.1) is 11.3 Å². The van der Waals surface area contributed by atoms with E-state index < -0.39 is 6.10 Å². The van der Waals surface area contributed by atoms with Gasteiger partial charge >= 0.3 is 0 Å². The second-order valence-corrected chi connectivity index (χ2v) is 7.49. The van der Waals surface area contributed by atoms with E-state index in [1.807, 2.05) is 6.20 Å². The number of carbonyl (C=O) groups is 2. The van der Waals surface area contributed by atoms with Crippen molar-refractivity contribution in [2.45, 2.75) is 38.7 Å². The van der Waals surface area contributed by atoms with E-state index in [1.165, 1.54) is 23.1 Å². The predicted octanol–water partition coefficient (Wildman–Crippen LogP) is 3.22. The summed E-state index contributed by atoms with van der Waals surface area (Å²) in [6, 6.07) is 6.83. The smallest absolute Gasteiger partial charge is 0.266 e. The van der Waals surface area contributed by atoms with Crippen LogP contribution in [-0.4, -0.2) is 35.9 Å². The maximum Gasteiger partial charge on any atom is 0.266 e. The zero-order valence-corrected chi connectivity index (χ0v) is 15.8. The standard InChI is InChI=1S/C19H23N3O3S/c1-12(23)15-4-3-5-16(10-15)25-13(2)18(24)22-19-21-11-17(26-19)14-6-8-20-9-7-14/h3-5,10-11,13-14,20H,6-9H2,1-2H3,(H,21,22,24). The maximum absolute atomic E-state index is 12.4. The number of Topliss-reactive ketones (excluding diaryl/α,β-unsaturated/α-hetero) is 1. The van der Waals surface area contributed by atoms with Gasteiger partial charge < -0.3 is 10.1 Å². The Hall–Kier alpha value is -2.25. The van der Waals surface area contributed by atoms with Crippen LogP contribution in [0.1, 0.15) is 47.8 Å². The highest BCUT2D eigenvalue weighted by atomic mass is 32.1. The predicted molar refractivity (Wildman–Crippen MR) is 102 cm³/mol. The molecule has 26 heavy (non-hydrogen) atoms. The lowest BCUT2D eigenvalue weighted by atomic mass is 9.97. The van der Waals surface area contributed by atoms with Gasteiger partial charge in [-0.05, 0) is 57.8 Å². The molecule has 1 amide bonds. The molecule has 1 aromatic carbocycles. The lowest BCUT2D eigenvalue weighted by molar-refractivity contribution is -0.122. The van der Waals surface area contributed by atoms with Crippen LogP contribution in [-0.2, 0) is 4.79 Å². The minimum Gasteiger partial charge on any atom is -0.481 e. The van der Waals surface area contributed by atoms with E-state index in [0.29, 0.717) is 22.4 Å². The minimum atomic E-state index is -0.691. The SMILES string of the molecule is CC(=O)c1cccc(OC(C)C(=O)Nc2ncc(C3CCNCC3)s2)c1. The number of hydrogen-bond donors (Lipinski definition) is 2. The Morgan fingerprint density at radius 2 is 2.12 bits per heavy atom. The van der Waals surface area contributed by atoms with Crippen LogP contribution in [0.4, 0.5) is 5.13 Å². The van der Waals surface area contributed by atoms with E-state index in [9.17, 15) is 9.59 Å². The Labute approximate surface area is 157 Å². The summed E-state index contributed by atoms with van der Waals surface area (Å²) >= 11 is 1.53. The summed E-state index contributed by atoms with van der Waals surface area (Å²) in [6.45, 7) is 5.22. The third-order valence-electron chi connectivity index (χ3n) is 4.42. The van der Waals surface area contributed by atoms with Crippen molar-refractivity contribution in [1.29, 1.82) is 0 Å². The first-order valence-corrected chi connectivity index (χ1v) is 9.59. The van der Waals surface area contributed by atoms with Gasteiger partial charge in [-0.1, -0.05) is 12.1 Å². The third kappa shape index (κ3) is 4.68. The molecule has 1 fully saturated rings. The van der Waals surface area contributed by atoms with Crippen LogP contribution >= 0.6 is 11.3 Å². The number of anilines is 1. The molecule has 1 aliphatic rings. The van der Waals surface area contributed by atoms with Crippen LogP contribution in [0.3, 0.4) is 0 Å². The number of aromatic nitrogens is 1. The zero-order valence-electron chi connectivity index (χ0n) is 15.0. The zero-order chi connectivity index (χ0) is 18.5. The van der Waals surface area contributed by atoms with Gasteiger partial charge in [-0.3, -0.25) is 14.9 Å². The molecule has 0 aliphatic carbocycles. The molecule has 0 spiro atoms. The van der Waals surface area contributed by atoms with E-state index in [0.717, 1.165) is 25.9 Å². The fraction of sp³-hybridized carbons (Fsp3) is 0.421. The van der Waals surface area contributed by atoms with Gasteiger partial charge in [0, 0.05) is 16.6 Å². The highest BCUT2D eigenvalue weighted by Crippen LogP contribution is 2.31. The molecule has 1 saturated heterocycles. The van der Waals surface area contributed by atoms with E-state index in [1.54, 1.807) is 31.2 Å². The van der Waals surface area contributed by atoms with Gasteiger partial charge in [-0.2, -0.15) is 0 Å². The maximum atomic E-state index is 12.4. The summed E-state index contributed by atoms with van der Waals surface area (Å²) in [4.78, 5) is 29.4. The van der Waals surface area contributed by atoms with Gasteiger partial charge in [0.15, 0.2) is 17.0 Å². The molecule has 3 rings (SSSR count). The molecule has 1 atom stereocenters. The molecule has 0 radical (unpaired) electrons. The molecule has 1 unspecified atom stereocenters. The number of benzene rings is 1. The van der Waals surface area contributed by atoms with Gasteiger partial charge in [0.2, 0.25) is 0 Å². The lowest BCUT2D eigenvalue weighted by Gasteiger charge is -2.20. The largest absolute Gasteiger partial charge is 0.481 e. The Balaban J connectivity index is 1.58. The first-order chi connectivity index (χ1) is 12.5. The van der Waals surface area contributed by atoms with Crippen molar-refractivity contribution in [2.24, 2.45) is 0 Å². The number of ketones is 1. The summed E-state index contributed by atoms with van der Waals surface area (Å²) < 4.78 is 5.67. The van der Waals surface area contributed by atoms with Crippen molar-refractivity contribution < 1.29 is 14.3 Å². The van der Waals surface area contributed by atoms with Crippen molar-refractivity contribution in [2.75, 3.05) is 18.4 Å². The monoisotopic (exact) mass is 373 g/mol. The topological polar surface area (TPSA) is 80.3 Å². The molecule has 2 aromatic rings. The van der Waals surface area contributed by atoms with Crippen LogP contribution in [0.25, 0.3) is 0 Å². The highest BCUT2D eigenvalue weighted by molar-refractivity contribution is 7.15. The fourth-order valence-corrected chi connectivity index (χ4v) is 3.88. The van der Waals surface area contributed by atoms with Gasteiger partial charge in [0.05, 0.1) is 0 Å². The fourth-order valence-electron chi connectivity index (χ4n) is 2.89. The van der Waals surface area contributed by atoms with Crippen molar-refractivity contribution in [3.63, 3.8) is 0 Å². The van der Waals surface area contributed by atoms with Gasteiger partial charge in [-0.25, -0.2) is 4.98 Å². The van der Waals surface area contributed by atoms with Gasteiger partial charge in [0.25, 0.3) is 5.91 Å². The van der Waals surface area contributed by atoms with Crippen LogP contribution in [0, 0.1) is 0 Å². The molecule has 2 heterocycles. The summed E-state index contributed by atoms with van der Waals surface area (Å²) in [7, 11) is 0. The molecule has 0 saturated carbocycles. The molecule has 7 heteroatoms. The number of thiazole rings is 1. The number of nitrogens with zero attached hydrogens (tertiary/aromatic N) is 1. The summed E-state index contributed by atoms with van der Waals surface area (Å²) in [6.07, 6.45) is 3.37. The first-order valence-electron chi connectivity index (χ1n) is 8.78. The number of amides is 1. The van der Waals surface area contributed by atoms with E-state index in [4.69, 9.17) is 4.74 Å². The normalized spacial score (nSPS) is 16.1. The van der Waals surface area contributed by atoms with Crippen molar-refractivity contribution in [3.8, 4) is 5.75 Å². The molecule has 138 valence electrons. The van der Waals surface area contributed by atoms with Crippen molar-refractivity contribution in [1.82, 2.24) is 10.3 Å². The molecule has 1 aromatic heterocycles. The lowest BCUT2D eigenvalue weighted by Crippen LogP contribution is -2.30. The molecule has 0 bridgehead atoms. The third-order valence-corrected chi connectivity index (χ3v) is 5.49. The molecular formula is C19H23N3O3S. The van der Waals surface area contributed by atoms with Crippen molar-refractivity contribution >= 4 is 28.2 Å². The van der Waals surface area contributed by atoms with Crippen LogP contribution < -0.4 is 15.4 Å². The Kier molecular flexibility index (Phi) is 6.00. The number of ether oxygens (including phenoxy) is 1.